The van der Waals surface area contributed by atoms with Crippen LogP contribution >= 0.6 is 0 Å². The molecule has 2 heterocycles. The van der Waals surface area contributed by atoms with Gasteiger partial charge in [0.1, 0.15) is 11.8 Å². The van der Waals surface area contributed by atoms with E-state index in [1.54, 1.807) is 0 Å². The van der Waals surface area contributed by atoms with Gasteiger partial charge >= 0.3 is 6.18 Å². The van der Waals surface area contributed by atoms with Crippen LogP contribution in [0.4, 0.5) is 22.0 Å². The summed E-state index contributed by atoms with van der Waals surface area (Å²) in [6.07, 6.45) is -5.86. The largest absolute Gasteiger partial charge is 0.490 e. The average molecular weight is 503 g/mol. The predicted octanol–water partition coefficient (Wildman–Crippen LogP) is 3.07. The Morgan fingerprint density at radius 3 is 2.51 bits per heavy atom. The number of primary amides is 1. The molecule has 190 valence electrons. The van der Waals surface area contributed by atoms with Crippen LogP contribution < -0.4 is 15.8 Å². The average Bonchev–Trinajstić information content (AvgIpc) is 3.05. The number of hydrogen-bond acceptors (Lipinski definition) is 5. The van der Waals surface area contributed by atoms with Crippen molar-refractivity contribution in [2.24, 2.45) is 16.6 Å². The third-order valence-electron chi connectivity index (χ3n) is 6.05. The molecule has 2 amide bonds. The van der Waals surface area contributed by atoms with Crippen molar-refractivity contribution in [2.75, 3.05) is 6.61 Å². The normalized spacial score (nSPS) is 25.0. The van der Waals surface area contributed by atoms with E-state index >= 15 is 0 Å². The van der Waals surface area contributed by atoms with Crippen molar-refractivity contribution < 1.29 is 46.2 Å². The van der Waals surface area contributed by atoms with Crippen molar-refractivity contribution in [2.45, 2.75) is 44.6 Å². The summed E-state index contributed by atoms with van der Waals surface area (Å²) in [5.41, 5.74) is 1.65. The van der Waals surface area contributed by atoms with Gasteiger partial charge in [-0.15, -0.1) is 0 Å². The summed E-state index contributed by atoms with van der Waals surface area (Å²) in [6, 6.07) is 3.81. The molecule has 3 N–H and O–H groups in total. The molecule has 35 heavy (non-hydrogen) atoms. The maximum atomic E-state index is 14.5. The van der Waals surface area contributed by atoms with Crippen LogP contribution in [-0.4, -0.2) is 46.2 Å². The number of hydrogen-bond donors (Lipinski definition) is 2. The number of alkyl halides is 3. The third-order valence-corrected chi connectivity index (χ3v) is 6.05. The van der Waals surface area contributed by atoms with Crippen LogP contribution in [0.1, 0.15) is 42.7 Å². The zero-order valence-electron chi connectivity index (χ0n) is 18.8. The van der Waals surface area contributed by atoms with Gasteiger partial charge in [0.15, 0.2) is 17.2 Å². The molecule has 0 spiro atoms. The molecule has 8 nitrogen and oxygen atoms in total. The SMILES string of the molecule is CCOc1c([C@@H]2[C@@H](C(=O)N=c3ccn(O)c(C(N)=O)c3)O[C@](C)(C(F)(F)F)[C@@H]2C)ccc(F)c1F. The van der Waals surface area contributed by atoms with E-state index in [1.807, 2.05) is 0 Å². The highest BCUT2D eigenvalue weighted by Crippen LogP contribution is 2.55. The van der Waals surface area contributed by atoms with E-state index in [1.165, 1.54) is 13.8 Å². The number of benzene rings is 1. The number of rotatable bonds is 5. The minimum Gasteiger partial charge on any atom is -0.490 e. The quantitative estimate of drug-likeness (QED) is 0.481. The Morgan fingerprint density at radius 1 is 1.29 bits per heavy atom. The molecule has 0 radical (unpaired) electrons. The zero-order valence-corrected chi connectivity index (χ0v) is 18.8. The second kappa shape index (κ2) is 9.29. The second-order valence-electron chi connectivity index (χ2n) is 8.10. The molecule has 1 aromatic heterocycles. The van der Waals surface area contributed by atoms with E-state index in [4.69, 9.17) is 15.2 Å². The molecule has 0 saturated carbocycles. The van der Waals surface area contributed by atoms with E-state index in [0.717, 1.165) is 37.4 Å². The van der Waals surface area contributed by atoms with Crippen LogP contribution in [0.25, 0.3) is 0 Å². The molecule has 3 rings (SSSR count). The summed E-state index contributed by atoms with van der Waals surface area (Å²) in [6.45, 7) is 3.26. The lowest BCUT2D eigenvalue weighted by atomic mass is 9.77. The molecule has 0 unspecified atom stereocenters. The Morgan fingerprint density at radius 2 is 1.94 bits per heavy atom. The summed E-state index contributed by atoms with van der Waals surface area (Å²) in [5.74, 6) is -8.46. The molecule has 0 aliphatic carbocycles. The maximum Gasteiger partial charge on any atom is 0.417 e. The van der Waals surface area contributed by atoms with Crippen molar-refractivity contribution in [1.82, 2.24) is 4.73 Å². The maximum absolute atomic E-state index is 14.5. The van der Waals surface area contributed by atoms with E-state index < -0.39 is 64.6 Å². The summed E-state index contributed by atoms with van der Waals surface area (Å²) < 4.78 is 81.3. The van der Waals surface area contributed by atoms with Crippen LogP contribution in [0.15, 0.2) is 35.5 Å². The molecule has 4 atom stereocenters. The molecule has 1 fully saturated rings. The Labute approximate surface area is 195 Å². The van der Waals surface area contributed by atoms with Gasteiger partial charge in [0.25, 0.3) is 11.8 Å². The van der Waals surface area contributed by atoms with Gasteiger partial charge in [-0.2, -0.15) is 22.3 Å². The van der Waals surface area contributed by atoms with Gasteiger partial charge < -0.3 is 20.4 Å². The highest BCUT2D eigenvalue weighted by molar-refractivity contribution is 5.91. The number of aromatic nitrogens is 1. The van der Waals surface area contributed by atoms with Crippen LogP contribution in [-0.2, 0) is 9.53 Å². The number of pyridine rings is 1. The van der Waals surface area contributed by atoms with Gasteiger partial charge in [-0.05, 0) is 32.0 Å². The number of amides is 2. The van der Waals surface area contributed by atoms with Crippen molar-refractivity contribution >= 4 is 11.8 Å². The van der Waals surface area contributed by atoms with Gasteiger partial charge in [0.05, 0.1) is 12.0 Å². The lowest BCUT2D eigenvalue weighted by molar-refractivity contribution is -0.272. The topological polar surface area (TPSA) is 116 Å². The molecular weight excluding hydrogens is 481 g/mol. The Kier molecular flexibility index (Phi) is 6.93. The number of nitrogens with zero attached hydrogens (tertiary/aromatic N) is 2. The first-order valence-corrected chi connectivity index (χ1v) is 10.4. The van der Waals surface area contributed by atoms with Gasteiger partial charge in [0, 0.05) is 23.6 Å². The highest BCUT2D eigenvalue weighted by Gasteiger charge is 2.65. The first kappa shape index (κ1) is 26.1. The van der Waals surface area contributed by atoms with Crippen LogP contribution in [0, 0.1) is 17.6 Å². The fourth-order valence-electron chi connectivity index (χ4n) is 4.04. The second-order valence-corrected chi connectivity index (χ2v) is 8.10. The fraction of sp³-hybridized carbons (Fsp3) is 0.409. The first-order chi connectivity index (χ1) is 16.2. The van der Waals surface area contributed by atoms with Gasteiger partial charge in [-0.25, -0.2) is 9.38 Å². The number of carbonyl (C=O) groups excluding carboxylic acids is 2. The molecule has 1 aliphatic heterocycles. The van der Waals surface area contributed by atoms with E-state index in [9.17, 15) is 36.7 Å². The molecule has 1 aromatic carbocycles. The van der Waals surface area contributed by atoms with Crippen LogP contribution in [0.2, 0.25) is 0 Å². The number of ether oxygens (including phenoxy) is 2. The van der Waals surface area contributed by atoms with E-state index in [-0.39, 0.29) is 17.5 Å². The first-order valence-electron chi connectivity index (χ1n) is 10.4. The van der Waals surface area contributed by atoms with Crippen LogP contribution in [0.3, 0.4) is 0 Å². The van der Waals surface area contributed by atoms with Crippen molar-refractivity contribution in [1.29, 1.82) is 0 Å². The Balaban J connectivity index is 2.19. The van der Waals surface area contributed by atoms with Gasteiger partial charge in [0.2, 0.25) is 5.82 Å². The minimum atomic E-state index is -4.93. The Bertz CT molecular complexity index is 1230. The van der Waals surface area contributed by atoms with Crippen molar-refractivity contribution in [3.8, 4) is 5.75 Å². The lowest BCUT2D eigenvalue weighted by Crippen LogP contribution is -2.47. The highest BCUT2D eigenvalue weighted by atomic mass is 19.4. The smallest absolute Gasteiger partial charge is 0.417 e. The fourth-order valence-corrected chi connectivity index (χ4v) is 4.04. The molecule has 1 saturated heterocycles. The minimum absolute atomic E-state index is 0.129. The summed E-state index contributed by atoms with van der Waals surface area (Å²) in [7, 11) is 0. The summed E-state index contributed by atoms with van der Waals surface area (Å²) in [5, 5.41) is 9.42. The number of halogens is 5. The predicted molar refractivity (Wildman–Crippen MR) is 109 cm³/mol. The third kappa shape index (κ3) is 4.59. The molecule has 13 heteroatoms. The lowest BCUT2D eigenvalue weighted by Gasteiger charge is -2.32. The van der Waals surface area contributed by atoms with Gasteiger partial charge in [-0.3, -0.25) is 9.59 Å². The zero-order chi connectivity index (χ0) is 26.3. The monoisotopic (exact) mass is 503 g/mol. The molecular formula is C22H22F5N3O5. The Hall–Kier alpha value is -3.48. The molecule has 1 aliphatic rings. The summed E-state index contributed by atoms with van der Waals surface area (Å²) in [4.78, 5) is 28.3. The molecule has 2 aromatic rings. The number of carbonyl (C=O) groups is 2. The standard InChI is InChI=1S/C22H22F5N3O5/c1-4-34-17-12(5-6-13(23)16(17)24)15-10(2)21(3,22(25,26)27)35-18(15)20(32)29-11-7-8-30(33)14(9-11)19(28)31/h5-10,15,18,33H,4H2,1-3H3,(H2,28,31)/t10-,15-,18+,21+/m1/s1. The summed E-state index contributed by atoms with van der Waals surface area (Å²) >= 11 is 0. The van der Waals surface area contributed by atoms with Crippen LogP contribution in [0.5, 0.6) is 5.75 Å². The van der Waals surface area contributed by atoms with Gasteiger partial charge in [-0.1, -0.05) is 13.0 Å². The molecule has 0 bridgehead atoms. The van der Waals surface area contributed by atoms with E-state index in [0.29, 0.717) is 4.73 Å². The number of nitrogens with two attached hydrogens (primary N) is 1. The van der Waals surface area contributed by atoms with Crippen molar-refractivity contribution in [3.63, 3.8) is 0 Å². The van der Waals surface area contributed by atoms with Crippen molar-refractivity contribution in [3.05, 3.63) is 58.7 Å². The van der Waals surface area contributed by atoms with E-state index in [2.05, 4.69) is 4.99 Å².